The first-order valence-electron chi connectivity index (χ1n) is 10.6. The van der Waals surface area contributed by atoms with Crippen molar-refractivity contribution in [3.05, 3.63) is 29.8 Å². The van der Waals surface area contributed by atoms with Crippen LogP contribution < -0.4 is 4.74 Å². The molecule has 26 heavy (non-hydrogen) atoms. The predicted octanol–water partition coefficient (Wildman–Crippen LogP) is 3.14. The van der Waals surface area contributed by atoms with Gasteiger partial charge in [-0.3, -0.25) is 4.90 Å². The van der Waals surface area contributed by atoms with Gasteiger partial charge in [-0.1, -0.05) is 18.6 Å². The molecule has 1 N–H and O–H groups in total. The Kier molecular flexibility index (Phi) is 6.13. The van der Waals surface area contributed by atoms with E-state index in [9.17, 15) is 5.11 Å². The average molecular weight is 359 g/mol. The number of likely N-dealkylation sites (tertiary alicyclic amines) is 2. The van der Waals surface area contributed by atoms with Gasteiger partial charge in [0.25, 0.3) is 0 Å². The molecule has 1 unspecified atom stereocenters. The van der Waals surface area contributed by atoms with E-state index < -0.39 is 0 Å². The summed E-state index contributed by atoms with van der Waals surface area (Å²) in [4.78, 5) is 5.13. The first-order chi connectivity index (χ1) is 12.8. The Hall–Kier alpha value is -1.10. The highest BCUT2D eigenvalue weighted by atomic mass is 16.5. The number of aliphatic hydroxyl groups excluding tert-OH is 1. The molecular weight excluding hydrogens is 324 g/mol. The standard InChI is InChI=1S/C22H34N2O2/c25-21-13-19-16-24(17-20(19)14-21)15-18-6-4-7-22(12-18)26-11-5-10-23-8-2-1-3-9-23/h4,6-7,12,19-21,25H,1-3,5,8-11,13-17H2/t19-,20+,21?. The largest absolute Gasteiger partial charge is 0.494 e. The summed E-state index contributed by atoms with van der Waals surface area (Å²) in [6.07, 6.45) is 7.19. The van der Waals surface area contributed by atoms with E-state index in [1.807, 2.05) is 0 Å². The summed E-state index contributed by atoms with van der Waals surface area (Å²) in [5.74, 6) is 2.43. The minimum Gasteiger partial charge on any atom is -0.494 e. The molecule has 3 fully saturated rings. The predicted molar refractivity (Wildman–Crippen MR) is 104 cm³/mol. The third kappa shape index (κ3) is 4.79. The molecular formula is C22H34N2O2. The minimum atomic E-state index is -0.0474. The number of hydrogen-bond donors (Lipinski definition) is 1. The van der Waals surface area contributed by atoms with Crippen LogP contribution in [0.5, 0.6) is 5.75 Å². The summed E-state index contributed by atoms with van der Waals surface area (Å²) < 4.78 is 6.01. The highest BCUT2D eigenvalue weighted by Crippen LogP contribution is 2.38. The van der Waals surface area contributed by atoms with Crippen molar-refractivity contribution in [2.75, 3.05) is 39.3 Å². The normalized spacial score (nSPS) is 29.8. The molecule has 1 aromatic rings. The Bertz CT molecular complexity index is 559. The van der Waals surface area contributed by atoms with Crippen molar-refractivity contribution in [1.29, 1.82) is 0 Å². The van der Waals surface area contributed by atoms with Gasteiger partial charge in [0.1, 0.15) is 5.75 Å². The fraction of sp³-hybridized carbons (Fsp3) is 0.727. The molecule has 0 bridgehead atoms. The van der Waals surface area contributed by atoms with E-state index in [-0.39, 0.29) is 6.10 Å². The van der Waals surface area contributed by atoms with Crippen LogP contribution in [0.15, 0.2) is 24.3 Å². The number of fused-ring (bicyclic) bond motifs is 1. The smallest absolute Gasteiger partial charge is 0.119 e. The van der Waals surface area contributed by atoms with Gasteiger partial charge in [-0.15, -0.1) is 0 Å². The van der Waals surface area contributed by atoms with E-state index in [0.717, 1.165) is 51.3 Å². The van der Waals surface area contributed by atoms with Crippen LogP contribution in [-0.2, 0) is 6.54 Å². The lowest BCUT2D eigenvalue weighted by Crippen LogP contribution is -2.31. The number of benzene rings is 1. The maximum absolute atomic E-state index is 9.80. The Balaban J connectivity index is 1.20. The van der Waals surface area contributed by atoms with Crippen LogP contribution in [0.25, 0.3) is 0 Å². The molecule has 2 saturated heterocycles. The molecule has 4 rings (SSSR count). The van der Waals surface area contributed by atoms with Gasteiger partial charge in [-0.05, 0) is 74.7 Å². The van der Waals surface area contributed by atoms with E-state index in [2.05, 4.69) is 34.1 Å². The van der Waals surface area contributed by atoms with Crippen molar-refractivity contribution in [1.82, 2.24) is 9.80 Å². The van der Waals surface area contributed by atoms with E-state index in [0.29, 0.717) is 11.8 Å². The monoisotopic (exact) mass is 358 g/mol. The molecule has 4 nitrogen and oxygen atoms in total. The van der Waals surface area contributed by atoms with Gasteiger partial charge in [-0.2, -0.15) is 0 Å². The average Bonchev–Trinajstić information content (AvgIpc) is 3.16. The number of nitrogens with zero attached hydrogens (tertiary/aromatic N) is 2. The Morgan fingerprint density at radius 2 is 1.77 bits per heavy atom. The first kappa shape index (κ1) is 18.3. The van der Waals surface area contributed by atoms with Crippen LogP contribution in [0, 0.1) is 11.8 Å². The Morgan fingerprint density at radius 3 is 2.54 bits per heavy atom. The van der Waals surface area contributed by atoms with Gasteiger partial charge in [0.2, 0.25) is 0 Å². The molecule has 1 saturated carbocycles. The molecule has 3 aliphatic rings. The third-order valence-electron chi connectivity index (χ3n) is 6.44. The topological polar surface area (TPSA) is 35.9 Å². The van der Waals surface area contributed by atoms with Crippen LogP contribution >= 0.6 is 0 Å². The van der Waals surface area contributed by atoms with Crippen molar-refractivity contribution >= 4 is 0 Å². The molecule has 144 valence electrons. The van der Waals surface area contributed by atoms with Crippen LogP contribution in [0.4, 0.5) is 0 Å². The second kappa shape index (κ2) is 8.73. The molecule has 1 aliphatic carbocycles. The summed E-state index contributed by atoms with van der Waals surface area (Å²) in [6.45, 7) is 7.81. The van der Waals surface area contributed by atoms with Gasteiger partial charge in [-0.25, -0.2) is 0 Å². The quantitative estimate of drug-likeness (QED) is 0.760. The van der Waals surface area contributed by atoms with Crippen LogP contribution in [0.1, 0.15) is 44.1 Å². The van der Waals surface area contributed by atoms with Gasteiger partial charge >= 0.3 is 0 Å². The van der Waals surface area contributed by atoms with Gasteiger partial charge < -0.3 is 14.7 Å². The highest BCUT2D eigenvalue weighted by molar-refractivity contribution is 5.28. The van der Waals surface area contributed by atoms with E-state index in [1.54, 1.807) is 0 Å². The van der Waals surface area contributed by atoms with Gasteiger partial charge in [0.15, 0.2) is 0 Å². The fourth-order valence-electron chi connectivity index (χ4n) is 5.15. The van der Waals surface area contributed by atoms with Crippen molar-refractivity contribution in [2.45, 2.75) is 51.2 Å². The number of ether oxygens (including phenoxy) is 1. The lowest BCUT2D eigenvalue weighted by atomic mass is 10.0. The van der Waals surface area contributed by atoms with Gasteiger partial charge in [0.05, 0.1) is 12.7 Å². The van der Waals surface area contributed by atoms with Crippen molar-refractivity contribution < 1.29 is 9.84 Å². The van der Waals surface area contributed by atoms with Crippen molar-refractivity contribution in [3.8, 4) is 5.75 Å². The van der Waals surface area contributed by atoms with Crippen LogP contribution in [-0.4, -0.2) is 60.3 Å². The SMILES string of the molecule is OC1C[C@@H]2CN(Cc3cccc(OCCCN4CCCCC4)c3)C[C@@H]2C1. The first-order valence-corrected chi connectivity index (χ1v) is 10.6. The molecule has 0 radical (unpaired) electrons. The lowest BCUT2D eigenvalue weighted by Gasteiger charge is -2.26. The van der Waals surface area contributed by atoms with Crippen molar-refractivity contribution in [3.63, 3.8) is 0 Å². The summed E-state index contributed by atoms with van der Waals surface area (Å²) in [6, 6.07) is 8.63. The molecule has 0 aromatic heterocycles. The maximum Gasteiger partial charge on any atom is 0.119 e. The summed E-state index contributed by atoms with van der Waals surface area (Å²) >= 11 is 0. The molecule has 3 atom stereocenters. The maximum atomic E-state index is 9.80. The molecule has 2 aliphatic heterocycles. The molecule has 0 spiro atoms. The van der Waals surface area contributed by atoms with Crippen molar-refractivity contribution in [2.24, 2.45) is 11.8 Å². The lowest BCUT2D eigenvalue weighted by molar-refractivity contribution is 0.161. The third-order valence-corrected chi connectivity index (χ3v) is 6.44. The second-order valence-electron chi connectivity index (χ2n) is 8.59. The zero-order chi connectivity index (χ0) is 17.8. The van der Waals surface area contributed by atoms with Gasteiger partial charge in [0, 0.05) is 26.2 Å². The Morgan fingerprint density at radius 1 is 1.00 bits per heavy atom. The summed E-state index contributed by atoms with van der Waals surface area (Å²) in [5.41, 5.74) is 1.35. The fourth-order valence-corrected chi connectivity index (χ4v) is 5.15. The van der Waals surface area contributed by atoms with E-state index in [1.165, 1.54) is 44.5 Å². The zero-order valence-corrected chi connectivity index (χ0v) is 16.0. The molecule has 4 heteroatoms. The number of piperidine rings is 1. The van der Waals surface area contributed by atoms with Crippen LogP contribution in [0.3, 0.4) is 0 Å². The van der Waals surface area contributed by atoms with E-state index in [4.69, 9.17) is 4.74 Å². The molecule has 0 amide bonds. The van der Waals surface area contributed by atoms with Crippen LogP contribution in [0.2, 0.25) is 0 Å². The Labute approximate surface area is 158 Å². The molecule has 1 aromatic carbocycles. The number of rotatable bonds is 7. The minimum absolute atomic E-state index is 0.0474. The number of aliphatic hydroxyl groups is 1. The second-order valence-corrected chi connectivity index (χ2v) is 8.59. The number of hydrogen-bond acceptors (Lipinski definition) is 4. The van der Waals surface area contributed by atoms with E-state index >= 15 is 0 Å². The zero-order valence-electron chi connectivity index (χ0n) is 16.0. The molecule has 2 heterocycles. The summed E-state index contributed by atoms with van der Waals surface area (Å²) in [7, 11) is 0. The highest BCUT2D eigenvalue weighted by Gasteiger charge is 2.39. The summed E-state index contributed by atoms with van der Waals surface area (Å²) in [5, 5.41) is 9.80.